The molecule has 1 fully saturated rings. The van der Waals surface area contributed by atoms with E-state index in [1.807, 2.05) is 6.07 Å². The van der Waals surface area contributed by atoms with Crippen LogP contribution >= 0.6 is 12.0 Å². The van der Waals surface area contributed by atoms with Gasteiger partial charge in [-0.05, 0) is 62.8 Å². The van der Waals surface area contributed by atoms with Crippen LogP contribution in [0.15, 0.2) is 47.8 Å². The summed E-state index contributed by atoms with van der Waals surface area (Å²) in [6, 6.07) is 8.69. The Balaban J connectivity index is 1.80. The lowest BCUT2D eigenvalue weighted by molar-refractivity contribution is -0.160. The van der Waals surface area contributed by atoms with Crippen molar-refractivity contribution in [1.82, 2.24) is 25.1 Å². The second-order valence-electron chi connectivity index (χ2n) is 7.73. The van der Waals surface area contributed by atoms with Crippen LogP contribution in [0.1, 0.15) is 30.0 Å². The van der Waals surface area contributed by atoms with Crippen LogP contribution in [0.4, 0.5) is 13.2 Å². The maximum absolute atomic E-state index is 13.4. The molecular weight excluding hydrogens is 455 g/mol. The minimum Gasteiger partial charge on any atom is -0.306 e. The lowest BCUT2D eigenvalue weighted by Crippen LogP contribution is -2.29. The van der Waals surface area contributed by atoms with E-state index >= 15 is 0 Å². The van der Waals surface area contributed by atoms with Gasteiger partial charge >= 0.3 is 6.18 Å². The minimum absolute atomic E-state index is 0.193. The quantitative estimate of drug-likeness (QED) is 0.212. The van der Waals surface area contributed by atoms with E-state index in [2.05, 4.69) is 37.0 Å². The lowest BCUT2D eigenvalue weighted by Gasteiger charge is -2.28. The maximum Gasteiger partial charge on any atom is 0.416 e. The molecule has 1 aliphatic heterocycles. The lowest BCUT2D eigenvalue weighted by atomic mass is 9.91. The van der Waals surface area contributed by atoms with Gasteiger partial charge in [-0.2, -0.15) is 22.6 Å². The van der Waals surface area contributed by atoms with Gasteiger partial charge in [-0.25, -0.2) is 14.9 Å². The van der Waals surface area contributed by atoms with Crippen LogP contribution in [-0.4, -0.2) is 52.3 Å². The van der Waals surface area contributed by atoms with Crippen LogP contribution in [-0.2, 0) is 15.4 Å². The molecule has 0 unspecified atom stereocenters. The number of aromatic nitrogens is 4. The van der Waals surface area contributed by atoms with Crippen molar-refractivity contribution in [1.29, 1.82) is 0 Å². The molecular formula is C22H22F3N5O2S. The number of benzene rings is 1. The first-order valence-electron chi connectivity index (χ1n) is 10.3. The Morgan fingerprint density at radius 3 is 2.61 bits per heavy atom. The number of hydrogen-bond acceptors (Lipinski definition) is 8. The van der Waals surface area contributed by atoms with Crippen molar-refractivity contribution in [2.75, 3.05) is 27.2 Å². The second kappa shape index (κ2) is 10.1. The standard InChI is InChI=1S/C22H22F3N5O2S/c1-30-10-7-14(8-11-30)19-13-17(15-4-3-5-16(12-15)22(23,24)25)20(29-28-19)18-6-9-26-21(27-18)33-32-31-2/h3-6,9,12-14H,7-8,10-11H2,1-2H3. The first kappa shape index (κ1) is 23.6. The predicted molar refractivity (Wildman–Crippen MR) is 117 cm³/mol. The minimum atomic E-state index is -4.45. The SMILES string of the molecule is COOSc1nccc(-c2nnc(C3CCN(C)CC3)cc2-c2cccc(C(F)(F)F)c2)n1. The van der Waals surface area contributed by atoms with E-state index in [-0.39, 0.29) is 11.1 Å². The average Bonchev–Trinajstić information content (AvgIpc) is 2.82. The van der Waals surface area contributed by atoms with Crippen molar-refractivity contribution >= 4 is 12.0 Å². The molecule has 0 saturated carbocycles. The smallest absolute Gasteiger partial charge is 0.306 e. The molecule has 3 aromatic rings. The van der Waals surface area contributed by atoms with Crippen LogP contribution in [0, 0.1) is 0 Å². The summed E-state index contributed by atoms with van der Waals surface area (Å²) in [5.74, 6) is 0.193. The van der Waals surface area contributed by atoms with E-state index in [0.717, 1.165) is 55.8 Å². The van der Waals surface area contributed by atoms with E-state index in [1.165, 1.54) is 19.4 Å². The first-order valence-corrected chi connectivity index (χ1v) is 11.0. The van der Waals surface area contributed by atoms with Gasteiger partial charge in [0.2, 0.25) is 5.16 Å². The fraction of sp³-hybridized carbons (Fsp3) is 0.364. The Bertz CT molecular complexity index is 1110. The Kier molecular flexibility index (Phi) is 7.23. The molecule has 0 amide bonds. The van der Waals surface area contributed by atoms with Gasteiger partial charge in [-0.3, -0.25) is 0 Å². The van der Waals surface area contributed by atoms with Gasteiger partial charge < -0.3 is 4.90 Å². The monoisotopic (exact) mass is 477 g/mol. The van der Waals surface area contributed by atoms with Crippen LogP contribution in [0.2, 0.25) is 0 Å². The van der Waals surface area contributed by atoms with Crippen molar-refractivity contribution in [3.63, 3.8) is 0 Å². The highest BCUT2D eigenvalue weighted by Crippen LogP contribution is 2.37. The van der Waals surface area contributed by atoms with Gasteiger partial charge in [-0.15, -0.1) is 5.10 Å². The molecule has 33 heavy (non-hydrogen) atoms. The highest BCUT2D eigenvalue weighted by molar-refractivity contribution is 7.94. The first-order chi connectivity index (χ1) is 15.8. The number of piperidine rings is 1. The molecule has 11 heteroatoms. The fourth-order valence-electron chi connectivity index (χ4n) is 3.76. The Hall–Kier alpha value is -2.60. The molecule has 174 valence electrons. The van der Waals surface area contributed by atoms with Crippen LogP contribution in [0.5, 0.6) is 0 Å². The summed E-state index contributed by atoms with van der Waals surface area (Å²) in [6.07, 6.45) is -1.11. The maximum atomic E-state index is 13.4. The largest absolute Gasteiger partial charge is 0.416 e. The van der Waals surface area contributed by atoms with Gasteiger partial charge in [0, 0.05) is 17.7 Å². The van der Waals surface area contributed by atoms with Crippen LogP contribution in [0.25, 0.3) is 22.5 Å². The molecule has 0 bridgehead atoms. The second-order valence-corrected chi connectivity index (χ2v) is 8.40. The third-order valence-corrected chi connectivity index (χ3v) is 6.05. The highest BCUT2D eigenvalue weighted by Gasteiger charge is 2.31. The van der Waals surface area contributed by atoms with Gasteiger partial charge in [0.1, 0.15) is 17.7 Å². The average molecular weight is 478 g/mol. The Morgan fingerprint density at radius 1 is 1.09 bits per heavy atom. The van der Waals surface area contributed by atoms with Crippen molar-refractivity contribution in [3.05, 3.63) is 53.9 Å². The van der Waals surface area contributed by atoms with E-state index in [1.54, 1.807) is 12.1 Å². The molecule has 1 saturated heterocycles. The number of alkyl halides is 3. The van der Waals surface area contributed by atoms with E-state index in [9.17, 15) is 13.2 Å². The van der Waals surface area contributed by atoms with Gasteiger partial charge in [0.15, 0.2) is 0 Å². The molecule has 4 rings (SSSR count). The van der Waals surface area contributed by atoms with Crippen molar-refractivity contribution in [2.24, 2.45) is 0 Å². The van der Waals surface area contributed by atoms with Crippen molar-refractivity contribution in [2.45, 2.75) is 30.1 Å². The third-order valence-electron chi connectivity index (χ3n) is 5.50. The molecule has 1 aliphatic rings. The molecule has 0 aliphatic carbocycles. The molecule has 2 aromatic heterocycles. The fourth-order valence-corrected chi connectivity index (χ4v) is 4.13. The number of rotatable bonds is 6. The summed E-state index contributed by atoms with van der Waals surface area (Å²) in [6.45, 7) is 1.86. The summed E-state index contributed by atoms with van der Waals surface area (Å²) in [5, 5.41) is 9.12. The summed E-state index contributed by atoms with van der Waals surface area (Å²) in [5.41, 5.74) is 1.76. The summed E-state index contributed by atoms with van der Waals surface area (Å²) in [7, 11) is 3.42. The molecule has 7 nitrogen and oxygen atoms in total. The molecule has 3 heterocycles. The van der Waals surface area contributed by atoms with Crippen molar-refractivity contribution < 1.29 is 22.4 Å². The van der Waals surface area contributed by atoms with Crippen LogP contribution < -0.4 is 0 Å². The summed E-state index contributed by atoms with van der Waals surface area (Å²) >= 11 is 0.817. The van der Waals surface area contributed by atoms with E-state index < -0.39 is 11.7 Å². The Morgan fingerprint density at radius 2 is 1.88 bits per heavy atom. The molecule has 0 radical (unpaired) electrons. The summed E-state index contributed by atoms with van der Waals surface area (Å²) < 4.78 is 45.0. The number of nitrogens with zero attached hydrogens (tertiary/aromatic N) is 5. The number of likely N-dealkylation sites (tertiary alicyclic amines) is 1. The summed E-state index contributed by atoms with van der Waals surface area (Å²) in [4.78, 5) is 15.3. The van der Waals surface area contributed by atoms with E-state index in [4.69, 9.17) is 4.33 Å². The third kappa shape index (κ3) is 5.67. The Labute approximate surface area is 193 Å². The van der Waals surface area contributed by atoms with E-state index in [0.29, 0.717) is 22.5 Å². The van der Waals surface area contributed by atoms with Crippen LogP contribution in [0.3, 0.4) is 0 Å². The predicted octanol–water partition coefficient (Wildman–Crippen LogP) is 5.01. The molecule has 0 N–H and O–H groups in total. The molecule has 0 spiro atoms. The van der Waals surface area contributed by atoms with Crippen molar-refractivity contribution in [3.8, 4) is 22.5 Å². The molecule has 0 atom stereocenters. The van der Waals surface area contributed by atoms with Gasteiger partial charge in [-0.1, -0.05) is 12.1 Å². The van der Waals surface area contributed by atoms with Gasteiger partial charge in [0.05, 0.1) is 24.1 Å². The molecule has 1 aromatic carbocycles. The zero-order chi connectivity index (χ0) is 23.4. The zero-order valence-corrected chi connectivity index (χ0v) is 18.9. The highest BCUT2D eigenvalue weighted by atomic mass is 32.2. The van der Waals surface area contributed by atoms with Gasteiger partial charge in [0.25, 0.3) is 0 Å². The number of hydrogen-bond donors (Lipinski definition) is 0. The topological polar surface area (TPSA) is 73.3 Å². The number of halogens is 3. The normalized spacial score (nSPS) is 15.7. The zero-order valence-electron chi connectivity index (χ0n) is 18.0.